The Morgan fingerprint density at radius 1 is 0.525 bits per heavy atom. The lowest BCUT2D eigenvalue weighted by molar-refractivity contribution is -0.184. The van der Waals surface area contributed by atoms with Crippen LogP contribution in [-0.2, 0) is 19.1 Å². The summed E-state index contributed by atoms with van der Waals surface area (Å²) in [6, 6.07) is 0. The molecule has 0 bridgehead atoms. The molecule has 2 saturated carbocycles. The minimum atomic E-state index is -1.06. The zero-order chi connectivity index (χ0) is 28.7. The maximum Gasteiger partial charge on any atom is 0.323 e. The lowest BCUT2D eigenvalue weighted by atomic mass is 9.57. The van der Waals surface area contributed by atoms with Gasteiger partial charge in [-0.05, 0) is 37.5 Å². The molecule has 0 radical (unpaired) electrons. The van der Waals surface area contributed by atoms with E-state index >= 15 is 0 Å². The number of hydrogen-bond donors (Lipinski definition) is 0. The summed E-state index contributed by atoms with van der Waals surface area (Å²) < 4.78 is 11.8. The quantitative estimate of drug-likeness (QED) is 0.0667. The van der Waals surface area contributed by atoms with E-state index in [1.165, 1.54) is 109 Å². The first-order chi connectivity index (χ1) is 19.7. The van der Waals surface area contributed by atoms with Crippen LogP contribution in [0.25, 0.3) is 0 Å². The molecule has 40 heavy (non-hydrogen) atoms. The van der Waals surface area contributed by atoms with Crippen LogP contribution >= 0.6 is 0 Å². The summed E-state index contributed by atoms with van der Waals surface area (Å²) in [6.45, 7) is 5.41. The SMILES string of the molecule is CCCCCCCCCCCCOC(=O)C1(C(=O)OCCCCCCCCCCCC)CCCC2CCCCC21. The molecule has 0 aliphatic heterocycles. The fraction of sp³-hybridized carbons (Fsp3) is 0.944. The molecule has 0 aromatic rings. The third kappa shape index (κ3) is 12.8. The highest BCUT2D eigenvalue weighted by Crippen LogP contribution is 2.52. The summed E-state index contributed by atoms with van der Waals surface area (Å²) in [7, 11) is 0. The minimum absolute atomic E-state index is 0.107. The van der Waals surface area contributed by atoms with Crippen molar-refractivity contribution in [1.82, 2.24) is 0 Å². The Labute approximate surface area is 248 Å². The van der Waals surface area contributed by atoms with Gasteiger partial charge in [-0.3, -0.25) is 9.59 Å². The monoisotopic (exact) mass is 562 g/mol. The van der Waals surface area contributed by atoms with Crippen LogP contribution in [0.15, 0.2) is 0 Å². The number of carbonyl (C=O) groups excluding carboxylic acids is 2. The summed E-state index contributed by atoms with van der Waals surface area (Å²) in [6.07, 6.45) is 32.3. The second-order valence-electron chi connectivity index (χ2n) is 13.2. The van der Waals surface area contributed by atoms with Crippen LogP contribution in [-0.4, -0.2) is 25.2 Å². The Kier molecular flexibility index (Phi) is 19.8. The van der Waals surface area contributed by atoms with Gasteiger partial charge in [0.1, 0.15) is 0 Å². The van der Waals surface area contributed by atoms with Crippen molar-refractivity contribution in [3.8, 4) is 0 Å². The highest BCUT2D eigenvalue weighted by Gasteiger charge is 2.58. The summed E-state index contributed by atoms with van der Waals surface area (Å²) in [5.41, 5.74) is -1.06. The Hall–Kier alpha value is -1.06. The van der Waals surface area contributed by atoms with Crippen molar-refractivity contribution in [1.29, 1.82) is 0 Å². The summed E-state index contributed by atoms with van der Waals surface area (Å²) >= 11 is 0. The van der Waals surface area contributed by atoms with Crippen molar-refractivity contribution in [2.45, 2.75) is 187 Å². The largest absolute Gasteiger partial charge is 0.465 e. The second kappa shape index (κ2) is 22.5. The van der Waals surface area contributed by atoms with Gasteiger partial charge in [0, 0.05) is 0 Å². The topological polar surface area (TPSA) is 52.6 Å². The van der Waals surface area contributed by atoms with Crippen LogP contribution in [0.3, 0.4) is 0 Å². The fourth-order valence-corrected chi connectivity index (χ4v) is 7.39. The molecule has 0 saturated heterocycles. The van der Waals surface area contributed by atoms with E-state index in [0.29, 0.717) is 25.6 Å². The highest BCUT2D eigenvalue weighted by atomic mass is 16.6. The van der Waals surface area contributed by atoms with Gasteiger partial charge in [-0.15, -0.1) is 0 Å². The molecule has 4 heteroatoms. The van der Waals surface area contributed by atoms with E-state index in [9.17, 15) is 9.59 Å². The molecule has 0 amide bonds. The summed E-state index contributed by atoms with van der Waals surface area (Å²) in [4.78, 5) is 27.3. The van der Waals surface area contributed by atoms with Crippen LogP contribution in [0.5, 0.6) is 0 Å². The molecule has 0 aromatic heterocycles. The van der Waals surface area contributed by atoms with Crippen molar-refractivity contribution in [3.05, 3.63) is 0 Å². The Morgan fingerprint density at radius 3 is 1.35 bits per heavy atom. The van der Waals surface area contributed by atoms with E-state index in [0.717, 1.165) is 57.8 Å². The van der Waals surface area contributed by atoms with Gasteiger partial charge in [0.2, 0.25) is 0 Å². The maximum atomic E-state index is 13.7. The van der Waals surface area contributed by atoms with E-state index < -0.39 is 5.41 Å². The molecule has 2 aliphatic carbocycles. The Bertz CT molecular complexity index is 605. The molecule has 0 aromatic carbocycles. The first-order valence-corrected chi connectivity index (χ1v) is 18.0. The average Bonchev–Trinajstić information content (AvgIpc) is 2.98. The highest BCUT2D eigenvalue weighted by molar-refractivity contribution is 6.00. The van der Waals surface area contributed by atoms with E-state index in [4.69, 9.17) is 9.47 Å². The first kappa shape index (κ1) is 35.1. The normalized spacial score (nSPS) is 20.1. The summed E-state index contributed by atoms with van der Waals surface area (Å²) in [5.74, 6) is 0.0360. The zero-order valence-corrected chi connectivity index (χ0v) is 26.8. The number of unbranched alkanes of at least 4 members (excludes halogenated alkanes) is 18. The molecule has 2 aliphatic rings. The third-order valence-corrected chi connectivity index (χ3v) is 9.88. The second-order valence-corrected chi connectivity index (χ2v) is 13.2. The standard InChI is InChI=1S/C36H66O4/c1-3-5-7-9-11-13-15-17-19-23-30-39-34(37)36(29-25-27-32-26-21-22-28-33(32)36)35(38)40-31-24-20-18-16-14-12-10-8-6-4-2/h32-33H,3-31H2,1-2H3. The van der Waals surface area contributed by atoms with Gasteiger partial charge in [0.05, 0.1) is 13.2 Å². The molecule has 0 N–H and O–H groups in total. The van der Waals surface area contributed by atoms with Crippen molar-refractivity contribution < 1.29 is 19.1 Å². The molecule has 0 spiro atoms. The van der Waals surface area contributed by atoms with E-state index in [2.05, 4.69) is 13.8 Å². The molecular weight excluding hydrogens is 496 g/mol. The van der Waals surface area contributed by atoms with Crippen LogP contribution in [0.4, 0.5) is 0 Å². The van der Waals surface area contributed by atoms with E-state index in [1.807, 2.05) is 0 Å². The number of hydrogen-bond acceptors (Lipinski definition) is 4. The molecule has 2 unspecified atom stereocenters. The maximum absolute atomic E-state index is 13.7. The number of esters is 2. The Balaban J connectivity index is 1.72. The van der Waals surface area contributed by atoms with Crippen molar-refractivity contribution in [2.24, 2.45) is 17.3 Å². The van der Waals surface area contributed by atoms with Crippen LogP contribution in [0.1, 0.15) is 187 Å². The predicted octanol–water partition coefficient (Wildman–Crippen LogP) is 10.9. The van der Waals surface area contributed by atoms with Crippen molar-refractivity contribution in [3.63, 3.8) is 0 Å². The van der Waals surface area contributed by atoms with Crippen molar-refractivity contribution in [2.75, 3.05) is 13.2 Å². The van der Waals surface area contributed by atoms with Gasteiger partial charge >= 0.3 is 11.9 Å². The molecule has 2 fully saturated rings. The predicted molar refractivity (Wildman–Crippen MR) is 167 cm³/mol. The molecule has 0 heterocycles. The van der Waals surface area contributed by atoms with Gasteiger partial charge in [-0.1, -0.05) is 162 Å². The number of rotatable bonds is 24. The number of fused-ring (bicyclic) bond motifs is 1. The van der Waals surface area contributed by atoms with Gasteiger partial charge < -0.3 is 9.47 Å². The lowest BCUT2D eigenvalue weighted by Crippen LogP contribution is -2.53. The molecular formula is C36H66O4. The lowest BCUT2D eigenvalue weighted by Gasteiger charge is -2.46. The molecule has 2 rings (SSSR count). The summed E-state index contributed by atoms with van der Waals surface area (Å²) in [5, 5.41) is 0. The molecule has 2 atom stereocenters. The van der Waals surface area contributed by atoms with Crippen LogP contribution < -0.4 is 0 Å². The Morgan fingerprint density at radius 2 is 0.900 bits per heavy atom. The van der Waals surface area contributed by atoms with Gasteiger partial charge in [-0.2, -0.15) is 0 Å². The number of carbonyl (C=O) groups is 2. The van der Waals surface area contributed by atoms with E-state index in [-0.39, 0.29) is 17.9 Å². The van der Waals surface area contributed by atoms with Crippen LogP contribution in [0, 0.1) is 17.3 Å². The van der Waals surface area contributed by atoms with Crippen molar-refractivity contribution >= 4 is 11.9 Å². The van der Waals surface area contributed by atoms with Crippen LogP contribution in [0.2, 0.25) is 0 Å². The third-order valence-electron chi connectivity index (χ3n) is 9.88. The van der Waals surface area contributed by atoms with Gasteiger partial charge in [-0.25, -0.2) is 0 Å². The molecule has 234 valence electrons. The fourth-order valence-electron chi connectivity index (χ4n) is 7.39. The van der Waals surface area contributed by atoms with E-state index in [1.54, 1.807) is 0 Å². The average molecular weight is 563 g/mol. The minimum Gasteiger partial charge on any atom is -0.465 e. The van der Waals surface area contributed by atoms with Gasteiger partial charge in [0.25, 0.3) is 0 Å². The number of ether oxygens (including phenoxy) is 2. The smallest absolute Gasteiger partial charge is 0.323 e. The van der Waals surface area contributed by atoms with Gasteiger partial charge in [0.15, 0.2) is 5.41 Å². The first-order valence-electron chi connectivity index (χ1n) is 18.0. The zero-order valence-electron chi connectivity index (χ0n) is 26.8. The molecule has 4 nitrogen and oxygen atoms in total.